The highest BCUT2D eigenvalue weighted by atomic mass is 16.5. The maximum absolute atomic E-state index is 8.71. The summed E-state index contributed by atoms with van der Waals surface area (Å²) in [5, 5.41) is 8.71. The molecule has 0 aromatic carbocycles. The standard InChI is InChI=1S/C11H18N6O2/c1-18-7-6-17(5-3-4-12)11-9(19-2)10(16-13)14-8-15-11/h8H,3,5-7,13H2,1-2H3,(H,14,15,16). The maximum Gasteiger partial charge on any atom is 0.205 e. The van der Waals surface area contributed by atoms with Crippen molar-refractivity contribution in [2.75, 3.05) is 44.2 Å². The number of nitrogen functional groups attached to an aromatic ring is 1. The molecule has 1 rings (SSSR count). The quantitative estimate of drug-likeness (QED) is 0.505. The third-order valence-corrected chi connectivity index (χ3v) is 2.48. The second-order valence-electron chi connectivity index (χ2n) is 3.61. The Balaban J connectivity index is 3.02. The van der Waals surface area contributed by atoms with Crippen molar-refractivity contribution in [1.29, 1.82) is 5.26 Å². The summed E-state index contributed by atoms with van der Waals surface area (Å²) >= 11 is 0. The van der Waals surface area contributed by atoms with Crippen molar-refractivity contribution in [2.24, 2.45) is 5.84 Å². The van der Waals surface area contributed by atoms with Crippen LogP contribution in [0.4, 0.5) is 11.6 Å². The van der Waals surface area contributed by atoms with Crippen molar-refractivity contribution in [3.05, 3.63) is 6.33 Å². The summed E-state index contributed by atoms with van der Waals surface area (Å²) in [5.74, 6) is 6.80. The van der Waals surface area contributed by atoms with E-state index < -0.39 is 0 Å². The van der Waals surface area contributed by atoms with E-state index in [4.69, 9.17) is 20.6 Å². The van der Waals surface area contributed by atoms with Gasteiger partial charge in [-0.2, -0.15) is 5.26 Å². The van der Waals surface area contributed by atoms with Crippen LogP contribution in [0, 0.1) is 11.3 Å². The number of methoxy groups -OCH3 is 2. The third kappa shape index (κ3) is 3.94. The number of aromatic nitrogens is 2. The fourth-order valence-electron chi connectivity index (χ4n) is 1.59. The minimum absolute atomic E-state index is 0.377. The van der Waals surface area contributed by atoms with Gasteiger partial charge in [0, 0.05) is 20.2 Å². The Labute approximate surface area is 112 Å². The molecule has 0 unspecified atom stereocenters. The number of ether oxygens (including phenoxy) is 2. The molecule has 0 atom stereocenters. The first-order valence-electron chi connectivity index (χ1n) is 5.74. The van der Waals surface area contributed by atoms with E-state index in [0.29, 0.717) is 43.5 Å². The van der Waals surface area contributed by atoms with Gasteiger partial charge in [-0.15, -0.1) is 0 Å². The van der Waals surface area contributed by atoms with Crippen molar-refractivity contribution >= 4 is 11.6 Å². The topological polar surface area (TPSA) is 109 Å². The van der Waals surface area contributed by atoms with Crippen LogP contribution < -0.4 is 20.9 Å². The Hall–Kier alpha value is -2.11. The normalized spacial score (nSPS) is 9.79. The highest BCUT2D eigenvalue weighted by molar-refractivity contribution is 5.64. The molecule has 0 aliphatic carbocycles. The van der Waals surface area contributed by atoms with Gasteiger partial charge in [-0.05, 0) is 0 Å². The van der Waals surface area contributed by atoms with E-state index in [1.807, 2.05) is 4.90 Å². The van der Waals surface area contributed by atoms with Crippen LogP contribution in [0.3, 0.4) is 0 Å². The molecule has 1 heterocycles. The summed E-state index contributed by atoms with van der Waals surface area (Å²) < 4.78 is 10.3. The van der Waals surface area contributed by atoms with Gasteiger partial charge in [0.05, 0.1) is 26.2 Å². The zero-order chi connectivity index (χ0) is 14.1. The maximum atomic E-state index is 8.71. The lowest BCUT2D eigenvalue weighted by atomic mass is 10.3. The predicted molar refractivity (Wildman–Crippen MR) is 70.7 cm³/mol. The largest absolute Gasteiger partial charge is 0.490 e. The highest BCUT2D eigenvalue weighted by Gasteiger charge is 2.17. The van der Waals surface area contributed by atoms with Gasteiger partial charge in [0.15, 0.2) is 11.6 Å². The van der Waals surface area contributed by atoms with Crippen LogP contribution in [-0.4, -0.2) is 43.9 Å². The van der Waals surface area contributed by atoms with Gasteiger partial charge in [-0.25, -0.2) is 15.8 Å². The fourth-order valence-corrected chi connectivity index (χ4v) is 1.59. The lowest BCUT2D eigenvalue weighted by Gasteiger charge is -2.24. The Kier molecular flexibility index (Phi) is 6.35. The average Bonchev–Trinajstić information content (AvgIpc) is 2.46. The van der Waals surface area contributed by atoms with E-state index in [9.17, 15) is 0 Å². The molecular formula is C11H18N6O2. The number of anilines is 2. The molecular weight excluding hydrogens is 248 g/mol. The second kappa shape index (κ2) is 8.07. The van der Waals surface area contributed by atoms with Crippen molar-refractivity contribution in [3.8, 4) is 11.8 Å². The van der Waals surface area contributed by atoms with Crippen LogP contribution >= 0.6 is 0 Å². The number of nitrogens with zero attached hydrogens (tertiary/aromatic N) is 4. The first kappa shape index (κ1) is 14.9. The summed E-state index contributed by atoms with van der Waals surface area (Å²) in [6.45, 7) is 1.64. The molecule has 0 radical (unpaired) electrons. The number of nitrogens with one attached hydrogen (secondary N) is 1. The van der Waals surface area contributed by atoms with Crippen LogP contribution in [0.1, 0.15) is 6.42 Å². The summed E-state index contributed by atoms with van der Waals surface area (Å²) in [5.41, 5.74) is 2.45. The van der Waals surface area contributed by atoms with Crippen LogP contribution in [0.2, 0.25) is 0 Å². The lowest BCUT2D eigenvalue weighted by Crippen LogP contribution is -2.30. The number of hydrogen-bond acceptors (Lipinski definition) is 8. The van der Waals surface area contributed by atoms with Gasteiger partial charge in [0.2, 0.25) is 5.75 Å². The number of hydrazine groups is 1. The molecule has 0 saturated carbocycles. The van der Waals surface area contributed by atoms with Crippen molar-refractivity contribution < 1.29 is 9.47 Å². The van der Waals surface area contributed by atoms with Gasteiger partial charge in [-0.1, -0.05) is 0 Å². The molecule has 0 aliphatic heterocycles. The molecule has 0 fully saturated rings. The third-order valence-electron chi connectivity index (χ3n) is 2.48. The van der Waals surface area contributed by atoms with Crippen LogP contribution in [0.5, 0.6) is 5.75 Å². The molecule has 8 heteroatoms. The molecule has 1 aromatic heterocycles. The average molecular weight is 266 g/mol. The first-order valence-corrected chi connectivity index (χ1v) is 5.74. The van der Waals surface area contributed by atoms with Gasteiger partial charge in [0.1, 0.15) is 6.33 Å². The van der Waals surface area contributed by atoms with Gasteiger partial charge >= 0.3 is 0 Å². The smallest absolute Gasteiger partial charge is 0.205 e. The molecule has 1 aromatic rings. The van der Waals surface area contributed by atoms with E-state index in [1.165, 1.54) is 13.4 Å². The number of rotatable bonds is 8. The Bertz CT molecular complexity index is 434. The second-order valence-corrected chi connectivity index (χ2v) is 3.61. The van der Waals surface area contributed by atoms with Crippen LogP contribution in [0.15, 0.2) is 6.33 Å². The molecule has 0 aliphatic rings. The number of nitriles is 1. The van der Waals surface area contributed by atoms with E-state index in [1.54, 1.807) is 7.11 Å². The minimum atomic E-state index is 0.377. The molecule has 0 amide bonds. The Morgan fingerprint density at radius 2 is 2.21 bits per heavy atom. The molecule has 3 N–H and O–H groups in total. The van der Waals surface area contributed by atoms with Gasteiger partial charge in [0.25, 0.3) is 0 Å². The zero-order valence-corrected chi connectivity index (χ0v) is 11.1. The van der Waals surface area contributed by atoms with E-state index in [-0.39, 0.29) is 0 Å². The van der Waals surface area contributed by atoms with Crippen LogP contribution in [-0.2, 0) is 4.74 Å². The van der Waals surface area contributed by atoms with Gasteiger partial charge in [-0.3, -0.25) is 0 Å². The van der Waals surface area contributed by atoms with E-state index in [2.05, 4.69) is 21.5 Å². The van der Waals surface area contributed by atoms with Gasteiger partial charge < -0.3 is 19.8 Å². The Morgan fingerprint density at radius 3 is 2.79 bits per heavy atom. The SMILES string of the molecule is COCCN(CCC#N)c1ncnc(NN)c1OC. The van der Waals surface area contributed by atoms with Crippen molar-refractivity contribution in [1.82, 2.24) is 9.97 Å². The molecule has 19 heavy (non-hydrogen) atoms. The lowest BCUT2D eigenvalue weighted by molar-refractivity contribution is 0.205. The molecule has 104 valence electrons. The number of hydrogen-bond donors (Lipinski definition) is 2. The van der Waals surface area contributed by atoms with E-state index in [0.717, 1.165) is 0 Å². The molecule has 0 bridgehead atoms. The monoisotopic (exact) mass is 266 g/mol. The molecule has 0 spiro atoms. The molecule has 0 saturated heterocycles. The predicted octanol–water partition coefficient (Wildman–Crippen LogP) is 0.137. The van der Waals surface area contributed by atoms with Crippen molar-refractivity contribution in [2.45, 2.75) is 6.42 Å². The summed E-state index contributed by atoms with van der Waals surface area (Å²) in [6, 6.07) is 2.10. The first-order chi connectivity index (χ1) is 9.28. The van der Waals surface area contributed by atoms with E-state index >= 15 is 0 Å². The van der Waals surface area contributed by atoms with Crippen molar-refractivity contribution in [3.63, 3.8) is 0 Å². The fraction of sp³-hybridized carbons (Fsp3) is 0.545. The summed E-state index contributed by atoms with van der Waals surface area (Å²) in [4.78, 5) is 10.1. The number of nitrogens with two attached hydrogens (primary N) is 1. The highest BCUT2D eigenvalue weighted by Crippen LogP contribution is 2.31. The van der Waals surface area contributed by atoms with Crippen LogP contribution in [0.25, 0.3) is 0 Å². The zero-order valence-electron chi connectivity index (χ0n) is 11.1. The summed E-state index contributed by atoms with van der Waals surface area (Å²) in [7, 11) is 3.13. The Morgan fingerprint density at radius 1 is 1.42 bits per heavy atom. The summed E-state index contributed by atoms with van der Waals surface area (Å²) in [6.07, 6.45) is 1.77. The molecule has 8 nitrogen and oxygen atoms in total. The minimum Gasteiger partial charge on any atom is -0.490 e.